The average Bonchev–Trinajstić information content (AvgIpc) is 2.89. The van der Waals surface area contributed by atoms with Gasteiger partial charge in [-0.2, -0.15) is 9.78 Å². The van der Waals surface area contributed by atoms with Crippen LogP contribution in [0.2, 0.25) is 5.02 Å². The summed E-state index contributed by atoms with van der Waals surface area (Å²) < 4.78 is 13.5. The molecule has 0 unspecified atom stereocenters. The number of nitrogens with one attached hydrogen (secondary N) is 1. The fourth-order valence-electron chi connectivity index (χ4n) is 3.70. The highest BCUT2D eigenvalue weighted by molar-refractivity contribution is 9.10. The van der Waals surface area contributed by atoms with Crippen LogP contribution in [0.1, 0.15) is 30.8 Å². The normalized spacial score (nSPS) is 11.2. The molecule has 0 aliphatic rings. The number of fused-ring (bicyclic) bond motifs is 1. The highest BCUT2D eigenvalue weighted by atomic mass is 79.9. The summed E-state index contributed by atoms with van der Waals surface area (Å²) in [6.45, 7) is 5.80. The molecule has 0 spiro atoms. The van der Waals surface area contributed by atoms with E-state index in [9.17, 15) is 9.59 Å². The first-order valence-electron chi connectivity index (χ1n) is 12.0. The second kappa shape index (κ2) is 12.2. The van der Waals surface area contributed by atoms with E-state index in [4.69, 9.17) is 21.1 Å². The summed E-state index contributed by atoms with van der Waals surface area (Å²) >= 11 is 9.91. The van der Waals surface area contributed by atoms with Crippen LogP contribution in [-0.4, -0.2) is 35.0 Å². The van der Waals surface area contributed by atoms with Crippen molar-refractivity contribution in [2.45, 2.75) is 27.2 Å². The van der Waals surface area contributed by atoms with Crippen molar-refractivity contribution in [1.82, 2.24) is 9.66 Å². The Bertz CT molecular complexity index is 1570. The standard InChI is InChI=1S/C28H26BrClN4O4/c1-4-25-33-23-11-8-19(29)14-21(23)28(36)34(25)31-15-18-12-22(30)27(24(13-18)37-5-2)38-16-26(35)32-20-9-6-17(3)7-10-20/h6-15H,4-5,16H2,1-3H3,(H,32,35). The molecule has 0 aliphatic heterocycles. The van der Waals surface area contributed by atoms with Gasteiger partial charge in [-0.3, -0.25) is 9.59 Å². The van der Waals surface area contributed by atoms with Crippen LogP contribution in [0.3, 0.4) is 0 Å². The molecule has 1 aromatic heterocycles. The number of carbonyl (C=O) groups is 1. The van der Waals surface area contributed by atoms with Crippen LogP contribution >= 0.6 is 27.5 Å². The highest BCUT2D eigenvalue weighted by Gasteiger charge is 2.15. The van der Waals surface area contributed by atoms with Crippen molar-refractivity contribution in [3.05, 3.63) is 91.4 Å². The lowest BCUT2D eigenvalue weighted by molar-refractivity contribution is -0.118. The fraction of sp³-hybridized carbons (Fsp3) is 0.214. The maximum absolute atomic E-state index is 13.1. The molecule has 38 heavy (non-hydrogen) atoms. The van der Waals surface area contributed by atoms with Crippen molar-refractivity contribution < 1.29 is 14.3 Å². The summed E-state index contributed by atoms with van der Waals surface area (Å²) in [5.74, 6) is 0.790. The molecule has 4 rings (SSSR count). The van der Waals surface area contributed by atoms with Crippen molar-refractivity contribution in [2.24, 2.45) is 5.10 Å². The van der Waals surface area contributed by atoms with Gasteiger partial charge in [-0.25, -0.2) is 4.98 Å². The highest BCUT2D eigenvalue weighted by Crippen LogP contribution is 2.36. The third-order valence-corrected chi connectivity index (χ3v) is 6.30. The van der Waals surface area contributed by atoms with Gasteiger partial charge in [0.15, 0.2) is 18.1 Å². The number of halogens is 2. The van der Waals surface area contributed by atoms with Crippen LogP contribution in [0.15, 0.2) is 69.0 Å². The summed E-state index contributed by atoms with van der Waals surface area (Å²) in [6.07, 6.45) is 2.02. The molecule has 0 aliphatic carbocycles. The fourth-order valence-corrected chi connectivity index (χ4v) is 4.34. The van der Waals surface area contributed by atoms with Gasteiger partial charge in [0.2, 0.25) is 0 Å². The Hall–Kier alpha value is -3.69. The zero-order valence-corrected chi connectivity index (χ0v) is 23.5. The lowest BCUT2D eigenvalue weighted by Crippen LogP contribution is -2.22. The van der Waals surface area contributed by atoms with Crippen molar-refractivity contribution in [3.63, 3.8) is 0 Å². The Balaban J connectivity index is 1.58. The van der Waals surface area contributed by atoms with E-state index >= 15 is 0 Å². The number of nitrogens with zero attached hydrogens (tertiary/aromatic N) is 3. The number of hydrogen-bond donors (Lipinski definition) is 1. The SMILES string of the molecule is CCOc1cc(C=Nn2c(CC)nc3ccc(Br)cc3c2=O)cc(Cl)c1OCC(=O)Nc1ccc(C)cc1. The van der Waals surface area contributed by atoms with Crippen molar-refractivity contribution >= 4 is 56.2 Å². The van der Waals surface area contributed by atoms with Gasteiger partial charge < -0.3 is 14.8 Å². The number of aryl methyl sites for hydroxylation is 2. The predicted molar refractivity (Wildman–Crippen MR) is 154 cm³/mol. The number of ether oxygens (including phenoxy) is 2. The third kappa shape index (κ3) is 6.41. The van der Waals surface area contributed by atoms with Gasteiger partial charge in [0.1, 0.15) is 5.82 Å². The van der Waals surface area contributed by atoms with Crippen LogP contribution in [0.4, 0.5) is 5.69 Å². The third-order valence-electron chi connectivity index (χ3n) is 5.53. The van der Waals surface area contributed by atoms with E-state index in [0.29, 0.717) is 46.8 Å². The number of anilines is 1. The molecule has 4 aromatic rings. The molecule has 1 heterocycles. The van der Waals surface area contributed by atoms with Crippen LogP contribution in [0, 0.1) is 6.92 Å². The first kappa shape index (κ1) is 27.3. The van der Waals surface area contributed by atoms with Crippen molar-refractivity contribution in [2.75, 3.05) is 18.5 Å². The summed E-state index contributed by atoms with van der Waals surface area (Å²) in [7, 11) is 0. The predicted octanol–water partition coefficient (Wildman–Crippen LogP) is 5.98. The van der Waals surface area contributed by atoms with Crippen molar-refractivity contribution in [1.29, 1.82) is 0 Å². The summed E-state index contributed by atoms with van der Waals surface area (Å²) in [5, 5.41) is 7.88. The topological polar surface area (TPSA) is 94.8 Å². The van der Waals surface area contributed by atoms with E-state index in [0.717, 1.165) is 10.0 Å². The molecule has 0 fully saturated rings. The quantitative estimate of drug-likeness (QED) is 0.240. The molecule has 8 nitrogen and oxygen atoms in total. The lowest BCUT2D eigenvalue weighted by Gasteiger charge is -2.14. The van der Waals surface area contributed by atoms with Crippen LogP contribution < -0.4 is 20.3 Å². The van der Waals surface area contributed by atoms with Gasteiger partial charge >= 0.3 is 0 Å². The van der Waals surface area contributed by atoms with E-state index in [1.807, 2.05) is 51.1 Å². The zero-order chi connectivity index (χ0) is 27.2. The summed E-state index contributed by atoms with van der Waals surface area (Å²) in [5.41, 5.74) is 2.68. The van der Waals surface area contributed by atoms with Crippen LogP contribution in [-0.2, 0) is 11.2 Å². The Morgan fingerprint density at radius 2 is 1.89 bits per heavy atom. The molecular weight excluding hydrogens is 572 g/mol. The number of rotatable bonds is 9. The van der Waals surface area contributed by atoms with Crippen LogP contribution in [0.5, 0.6) is 11.5 Å². The molecular formula is C28H26BrClN4O4. The second-order valence-corrected chi connectivity index (χ2v) is 9.69. The van der Waals surface area contributed by atoms with Gasteiger partial charge in [0, 0.05) is 16.6 Å². The maximum Gasteiger partial charge on any atom is 0.282 e. The van der Waals surface area contributed by atoms with Gasteiger partial charge in [-0.1, -0.05) is 52.2 Å². The molecule has 196 valence electrons. The lowest BCUT2D eigenvalue weighted by atomic mass is 10.2. The zero-order valence-electron chi connectivity index (χ0n) is 21.1. The maximum atomic E-state index is 13.1. The Labute approximate surface area is 233 Å². The number of amides is 1. The second-order valence-electron chi connectivity index (χ2n) is 8.37. The molecule has 10 heteroatoms. The van der Waals surface area contributed by atoms with Gasteiger partial charge in [0.25, 0.3) is 11.5 Å². The number of benzene rings is 3. The number of aromatic nitrogens is 2. The minimum absolute atomic E-state index is 0.240. The molecule has 1 amide bonds. The smallest absolute Gasteiger partial charge is 0.282 e. The Morgan fingerprint density at radius 3 is 2.61 bits per heavy atom. The van der Waals surface area contributed by atoms with Crippen LogP contribution in [0.25, 0.3) is 10.9 Å². The van der Waals surface area contributed by atoms with E-state index in [2.05, 4.69) is 31.3 Å². The summed E-state index contributed by atoms with van der Waals surface area (Å²) in [4.78, 5) is 30.1. The molecule has 0 bridgehead atoms. The first-order valence-corrected chi connectivity index (χ1v) is 13.2. The summed E-state index contributed by atoms with van der Waals surface area (Å²) in [6, 6.07) is 16.1. The van der Waals surface area contributed by atoms with Gasteiger partial charge in [0.05, 0.1) is 28.7 Å². The molecule has 0 atom stereocenters. The van der Waals surface area contributed by atoms with Crippen molar-refractivity contribution in [3.8, 4) is 11.5 Å². The largest absolute Gasteiger partial charge is 0.490 e. The molecule has 1 N–H and O–H groups in total. The van der Waals surface area contributed by atoms with Gasteiger partial charge in [-0.15, -0.1) is 0 Å². The Kier molecular flexibility index (Phi) is 8.81. The molecule has 3 aromatic carbocycles. The van der Waals surface area contributed by atoms with Gasteiger partial charge in [-0.05, 0) is 61.9 Å². The van der Waals surface area contributed by atoms with E-state index < -0.39 is 0 Å². The van der Waals surface area contributed by atoms with E-state index in [1.165, 1.54) is 10.9 Å². The molecule has 0 radical (unpaired) electrons. The minimum Gasteiger partial charge on any atom is -0.490 e. The molecule has 0 saturated carbocycles. The first-order chi connectivity index (χ1) is 18.3. The number of carbonyl (C=O) groups excluding carboxylic acids is 1. The monoisotopic (exact) mass is 596 g/mol. The van der Waals surface area contributed by atoms with E-state index in [1.54, 1.807) is 24.3 Å². The van der Waals surface area contributed by atoms with E-state index in [-0.39, 0.29) is 28.8 Å². The number of hydrogen-bond acceptors (Lipinski definition) is 6. The average molecular weight is 598 g/mol. The molecule has 0 saturated heterocycles. The minimum atomic E-state index is -0.333. The Morgan fingerprint density at radius 1 is 1.13 bits per heavy atom.